The third-order valence-corrected chi connectivity index (χ3v) is 4.74. The largest absolute Gasteiger partial charge is 0.478 e. The standard InChI is InChI=1S/C24H18N2O2/c1-2-17(23-18(12-8-14-25-23)16-9-4-3-5-10-16)22-15-20(24(27)28)19-11-6-7-13-21(19)26-22/h2-15,17H,1H2,(H,27,28). The number of carboxylic acids is 1. The molecule has 2 aromatic heterocycles. The predicted molar refractivity (Wildman–Crippen MR) is 110 cm³/mol. The zero-order valence-electron chi connectivity index (χ0n) is 15.1. The Morgan fingerprint density at radius 2 is 1.75 bits per heavy atom. The molecule has 0 bridgehead atoms. The molecule has 4 heteroatoms. The van der Waals surface area contributed by atoms with Gasteiger partial charge in [-0.3, -0.25) is 9.97 Å². The van der Waals surface area contributed by atoms with Crippen molar-refractivity contribution in [1.29, 1.82) is 0 Å². The van der Waals surface area contributed by atoms with Crippen molar-refractivity contribution in [2.75, 3.05) is 0 Å². The number of benzene rings is 2. The number of fused-ring (bicyclic) bond motifs is 1. The van der Waals surface area contributed by atoms with Gasteiger partial charge in [-0.25, -0.2) is 4.79 Å². The summed E-state index contributed by atoms with van der Waals surface area (Å²) < 4.78 is 0. The number of hydrogen-bond donors (Lipinski definition) is 1. The zero-order chi connectivity index (χ0) is 19.5. The molecule has 28 heavy (non-hydrogen) atoms. The maximum absolute atomic E-state index is 11.8. The van der Waals surface area contributed by atoms with Crippen LogP contribution in [0.3, 0.4) is 0 Å². The van der Waals surface area contributed by atoms with Crippen LogP contribution in [-0.2, 0) is 0 Å². The molecule has 1 N–H and O–H groups in total. The normalized spacial score (nSPS) is 11.9. The Hall–Kier alpha value is -3.79. The molecule has 4 nitrogen and oxygen atoms in total. The second-order valence-electron chi connectivity index (χ2n) is 6.43. The molecule has 0 spiro atoms. The Morgan fingerprint density at radius 3 is 2.50 bits per heavy atom. The van der Waals surface area contributed by atoms with Gasteiger partial charge in [0.1, 0.15) is 0 Å². The molecule has 0 aliphatic rings. The number of nitrogens with zero attached hydrogens (tertiary/aromatic N) is 2. The highest BCUT2D eigenvalue weighted by molar-refractivity contribution is 6.02. The van der Waals surface area contributed by atoms with Crippen LogP contribution in [0, 0.1) is 0 Å². The van der Waals surface area contributed by atoms with Gasteiger partial charge in [0.15, 0.2) is 0 Å². The van der Waals surface area contributed by atoms with Gasteiger partial charge in [-0.15, -0.1) is 6.58 Å². The number of allylic oxidation sites excluding steroid dienone is 1. The molecule has 4 rings (SSSR count). The van der Waals surface area contributed by atoms with E-state index in [0.29, 0.717) is 16.6 Å². The molecule has 1 unspecified atom stereocenters. The van der Waals surface area contributed by atoms with E-state index in [4.69, 9.17) is 4.98 Å². The van der Waals surface area contributed by atoms with Crippen LogP contribution in [0.25, 0.3) is 22.0 Å². The minimum atomic E-state index is -0.980. The molecular weight excluding hydrogens is 348 g/mol. The topological polar surface area (TPSA) is 63.1 Å². The monoisotopic (exact) mass is 366 g/mol. The maximum atomic E-state index is 11.8. The van der Waals surface area contributed by atoms with Crippen molar-refractivity contribution in [1.82, 2.24) is 9.97 Å². The molecule has 0 saturated heterocycles. The summed E-state index contributed by atoms with van der Waals surface area (Å²) >= 11 is 0. The summed E-state index contributed by atoms with van der Waals surface area (Å²) in [7, 11) is 0. The van der Waals surface area contributed by atoms with Crippen molar-refractivity contribution < 1.29 is 9.90 Å². The van der Waals surface area contributed by atoms with Gasteiger partial charge in [-0.2, -0.15) is 0 Å². The number of carbonyl (C=O) groups is 1. The fourth-order valence-electron chi connectivity index (χ4n) is 3.43. The number of carboxylic acid groups (broad SMARTS) is 1. The van der Waals surface area contributed by atoms with Gasteiger partial charge in [0.05, 0.1) is 28.4 Å². The lowest BCUT2D eigenvalue weighted by Gasteiger charge is -2.17. The van der Waals surface area contributed by atoms with Crippen LogP contribution in [0.15, 0.2) is 91.6 Å². The second kappa shape index (κ2) is 7.45. The molecule has 0 saturated carbocycles. The summed E-state index contributed by atoms with van der Waals surface area (Å²) in [6, 6.07) is 22.8. The average molecular weight is 366 g/mol. The SMILES string of the molecule is C=CC(c1cc(C(=O)O)c2ccccc2n1)c1ncccc1-c1ccccc1. The molecule has 0 aliphatic carbocycles. The second-order valence-corrected chi connectivity index (χ2v) is 6.43. The highest BCUT2D eigenvalue weighted by Crippen LogP contribution is 2.33. The Kier molecular flexibility index (Phi) is 4.68. The number of rotatable bonds is 5. The highest BCUT2D eigenvalue weighted by Gasteiger charge is 2.21. The summed E-state index contributed by atoms with van der Waals surface area (Å²) in [5, 5.41) is 10.3. The van der Waals surface area contributed by atoms with E-state index in [1.807, 2.05) is 60.7 Å². The van der Waals surface area contributed by atoms with Crippen molar-refractivity contribution >= 4 is 16.9 Å². The van der Waals surface area contributed by atoms with E-state index in [2.05, 4.69) is 11.6 Å². The number of hydrogen-bond acceptors (Lipinski definition) is 3. The van der Waals surface area contributed by atoms with Crippen molar-refractivity contribution in [3.8, 4) is 11.1 Å². The fourth-order valence-corrected chi connectivity index (χ4v) is 3.43. The van der Waals surface area contributed by atoms with Crippen LogP contribution < -0.4 is 0 Å². The van der Waals surface area contributed by atoms with E-state index in [1.54, 1.807) is 24.4 Å². The number of aromatic carboxylic acids is 1. The van der Waals surface area contributed by atoms with Crippen molar-refractivity contribution in [2.24, 2.45) is 0 Å². The van der Waals surface area contributed by atoms with Crippen molar-refractivity contribution in [3.63, 3.8) is 0 Å². The summed E-state index contributed by atoms with van der Waals surface area (Å²) in [5.41, 5.74) is 4.28. The number of aromatic nitrogens is 2. The lowest BCUT2D eigenvalue weighted by atomic mass is 9.91. The molecule has 0 amide bonds. The van der Waals surface area contributed by atoms with Crippen LogP contribution in [0.5, 0.6) is 0 Å². The minimum absolute atomic E-state index is 0.227. The third kappa shape index (κ3) is 3.16. The Morgan fingerprint density at radius 1 is 1.00 bits per heavy atom. The van der Waals surface area contributed by atoms with Gasteiger partial charge in [0.25, 0.3) is 0 Å². The van der Waals surface area contributed by atoms with Gasteiger partial charge in [-0.1, -0.05) is 60.7 Å². The molecule has 136 valence electrons. The zero-order valence-corrected chi connectivity index (χ0v) is 15.1. The first-order valence-corrected chi connectivity index (χ1v) is 8.95. The van der Waals surface area contributed by atoms with Gasteiger partial charge in [0, 0.05) is 17.1 Å². The van der Waals surface area contributed by atoms with Crippen LogP contribution in [-0.4, -0.2) is 21.0 Å². The Labute approximate surface area is 162 Å². The van der Waals surface area contributed by atoms with Gasteiger partial charge in [-0.05, 0) is 23.8 Å². The average Bonchev–Trinajstić information content (AvgIpc) is 2.74. The Bertz CT molecular complexity index is 1170. The van der Waals surface area contributed by atoms with E-state index in [-0.39, 0.29) is 11.5 Å². The molecule has 2 aromatic carbocycles. The first kappa shape index (κ1) is 17.6. The van der Waals surface area contributed by atoms with Crippen molar-refractivity contribution in [3.05, 3.63) is 109 Å². The fraction of sp³-hybridized carbons (Fsp3) is 0.0417. The van der Waals surface area contributed by atoms with Crippen molar-refractivity contribution in [2.45, 2.75) is 5.92 Å². The molecule has 1 atom stereocenters. The quantitative estimate of drug-likeness (QED) is 0.486. The van der Waals surface area contributed by atoms with E-state index in [0.717, 1.165) is 16.8 Å². The third-order valence-electron chi connectivity index (χ3n) is 4.74. The molecular formula is C24H18N2O2. The summed E-state index contributed by atoms with van der Waals surface area (Å²) in [5.74, 6) is -1.31. The van der Waals surface area contributed by atoms with E-state index in [9.17, 15) is 9.90 Å². The molecule has 0 aliphatic heterocycles. The number of para-hydroxylation sites is 1. The minimum Gasteiger partial charge on any atom is -0.478 e. The van der Waals surface area contributed by atoms with Gasteiger partial charge < -0.3 is 5.11 Å². The van der Waals surface area contributed by atoms with Crippen LogP contribution in [0.2, 0.25) is 0 Å². The molecule has 0 fully saturated rings. The molecule has 0 radical (unpaired) electrons. The summed E-state index contributed by atoms with van der Waals surface area (Å²) in [6.07, 6.45) is 3.49. The predicted octanol–water partition coefficient (Wildman–Crippen LogP) is 5.31. The van der Waals surface area contributed by atoms with Crippen LogP contribution in [0.4, 0.5) is 0 Å². The summed E-state index contributed by atoms with van der Waals surface area (Å²) in [4.78, 5) is 21.2. The van der Waals surface area contributed by atoms with Gasteiger partial charge in [0.2, 0.25) is 0 Å². The summed E-state index contributed by atoms with van der Waals surface area (Å²) in [6.45, 7) is 3.98. The first-order chi connectivity index (χ1) is 13.7. The van der Waals surface area contributed by atoms with Crippen LogP contribution in [0.1, 0.15) is 27.7 Å². The maximum Gasteiger partial charge on any atom is 0.336 e. The van der Waals surface area contributed by atoms with Gasteiger partial charge >= 0.3 is 5.97 Å². The Balaban J connectivity index is 1.92. The van der Waals surface area contributed by atoms with E-state index in [1.165, 1.54) is 0 Å². The van der Waals surface area contributed by atoms with E-state index < -0.39 is 5.97 Å². The smallest absolute Gasteiger partial charge is 0.336 e. The molecule has 2 heterocycles. The highest BCUT2D eigenvalue weighted by atomic mass is 16.4. The molecule has 4 aromatic rings. The van der Waals surface area contributed by atoms with Crippen LogP contribution >= 0.6 is 0 Å². The lowest BCUT2D eigenvalue weighted by Crippen LogP contribution is -2.08. The lowest BCUT2D eigenvalue weighted by molar-refractivity contribution is 0.0699. The van der Waals surface area contributed by atoms with E-state index >= 15 is 0 Å². The first-order valence-electron chi connectivity index (χ1n) is 8.95. The number of pyridine rings is 2.